The Hall–Kier alpha value is -3.41. The van der Waals surface area contributed by atoms with E-state index in [0.717, 1.165) is 64.2 Å². The predicted molar refractivity (Wildman–Crippen MR) is 325 cm³/mol. The molecule has 6 nitrogen and oxygen atoms in total. The zero-order valence-corrected chi connectivity index (χ0v) is 49.6. The van der Waals surface area contributed by atoms with Crippen LogP contribution in [0.15, 0.2) is 85.1 Å². The maximum absolute atomic E-state index is 12.9. The third-order valence-corrected chi connectivity index (χ3v) is 13.9. The van der Waals surface area contributed by atoms with Gasteiger partial charge in [0, 0.05) is 19.3 Å². The second-order valence-corrected chi connectivity index (χ2v) is 21.3. The molecule has 0 heterocycles. The highest BCUT2D eigenvalue weighted by atomic mass is 16.6. The van der Waals surface area contributed by atoms with Gasteiger partial charge < -0.3 is 14.2 Å². The predicted octanol–water partition coefficient (Wildman–Crippen LogP) is 21.9. The van der Waals surface area contributed by atoms with Crippen LogP contribution in [-0.4, -0.2) is 37.2 Å². The highest BCUT2D eigenvalue weighted by Crippen LogP contribution is 2.16. The van der Waals surface area contributed by atoms with Gasteiger partial charge in [0.1, 0.15) is 13.2 Å². The van der Waals surface area contributed by atoms with Crippen molar-refractivity contribution in [1.29, 1.82) is 0 Å². The summed E-state index contributed by atoms with van der Waals surface area (Å²) in [5, 5.41) is 0. The van der Waals surface area contributed by atoms with E-state index in [1.807, 2.05) is 6.08 Å². The number of esters is 3. The van der Waals surface area contributed by atoms with Crippen LogP contribution >= 0.6 is 0 Å². The Kier molecular flexibility index (Phi) is 60.3. The van der Waals surface area contributed by atoms with Crippen molar-refractivity contribution in [2.24, 2.45) is 0 Å². The quantitative estimate of drug-likeness (QED) is 0.0261. The summed E-state index contributed by atoms with van der Waals surface area (Å²) in [5.74, 6) is -0.980. The summed E-state index contributed by atoms with van der Waals surface area (Å²) in [6.07, 6.45) is 83.1. The summed E-state index contributed by atoms with van der Waals surface area (Å²) < 4.78 is 16.9. The second kappa shape index (κ2) is 63.1. The van der Waals surface area contributed by atoms with E-state index in [-0.39, 0.29) is 37.5 Å². The first kappa shape index (κ1) is 71.6. The third-order valence-electron chi connectivity index (χ3n) is 13.9. The van der Waals surface area contributed by atoms with Crippen LogP contribution in [0.1, 0.15) is 316 Å². The van der Waals surface area contributed by atoms with Gasteiger partial charge in [0.05, 0.1) is 0 Å². The summed E-state index contributed by atoms with van der Waals surface area (Å²) in [5.41, 5.74) is 0. The number of hydrogen-bond acceptors (Lipinski definition) is 6. The Labute approximate surface area is 465 Å². The summed E-state index contributed by atoms with van der Waals surface area (Å²) >= 11 is 0. The van der Waals surface area contributed by atoms with E-state index in [1.54, 1.807) is 0 Å². The fraction of sp³-hybridized carbons (Fsp3) is 0.754. The topological polar surface area (TPSA) is 78.9 Å². The lowest BCUT2D eigenvalue weighted by atomic mass is 10.0. The maximum Gasteiger partial charge on any atom is 0.306 e. The fourth-order valence-electron chi connectivity index (χ4n) is 9.00. The fourth-order valence-corrected chi connectivity index (χ4v) is 9.00. The van der Waals surface area contributed by atoms with Crippen LogP contribution in [0, 0.1) is 0 Å². The number of rotatable bonds is 58. The highest BCUT2D eigenvalue weighted by molar-refractivity contribution is 5.71. The zero-order valence-electron chi connectivity index (χ0n) is 49.6. The third kappa shape index (κ3) is 61.3. The molecule has 0 amide bonds. The molecule has 1 atom stereocenters. The molecule has 0 aromatic rings. The van der Waals surface area contributed by atoms with E-state index >= 15 is 0 Å². The molecule has 0 bridgehead atoms. The van der Waals surface area contributed by atoms with Crippen molar-refractivity contribution < 1.29 is 28.6 Å². The number of hydrogen-bond donors (Lipinski definition) is 0. The Morgan fingerprint density at radius 1 is 0.267 bits per heavy atom. The molecule has 75 heavy (non-hydrogen) atoms. The van der Waals surface area contributed by atoms with Crippen LogP contribution in [0.3, 0.4) is 0 Å². The lowest BCUT2D eigenvalue weighted by Crippen LogP contribution is -2.30. The summed E-state index contributed by atoms with van der Waals surface area (Å²) in [6, 6.07) is 0. The van der Waals surface area contributed by atoms with E-state index in [0.29, 0.717) is 19.3 Å². The van der Waals surface area contributed by atoms with Gasteiger partial charge in [-0.1, -0.05) is 273 Å². The molecule has 0 aromatic heterocycles. The molecule has 0 radical (unpaired) electrons. The minimum Gasteiger partial charge on any atom is -0.462 e. The van der Waals surface area contributed by atoms with E-state index in [9.17, 15) is 14.4 Å². The molecule has 0 saturated heterocycles. The molecule has 0 unspecified atom stereocenters. The van der Waals surface area contributed by atoms with Gasteiger partial charge in [-0.2, -0.15) is 0 Å². The van der Waals surface area contributed by atoms with Crippen molar-refractivity contribution in [2.45, 2.75) is 322 Å². The number of carbonyl (C=O) groups excluding carboxylic acids is 3. The normalized spacial score (nSPS) is 12.6. The highest BCUT2D eigenvalue weighted by Gasteiger charge is 2.19. The van der Waals surface area contributed by atoms with Gasteiger partial charge in [0.2, 0.25) is 0 Å². The Balaban J connectivity index is 4.45. The molecule has 0 fully saturated rings. The maximum atomic E-state index is 12.9. The molecule has 6 heteroatoms. The number of unbranched alkanes of at least 4 members (excludes halogenated alkanes) is 33. The standard InChI is InChI=1S/C69H120O6/c1-4-7-10-13-16-19-22-25-28-31-33-34-36-39-41-44-47-50-53-56-59-62-68(71)74-65-66(75-69(72)63-60-57-54-51-48-45-42-37-30-27-24-21-18-15-12-9-6-3)64-73-67(70)61-58-55-52-49-46-43-40-38-35-32-29-26-23-20-17-14-11-8-5-2/h17,20,25-30,35,38,43,46,52,55,66H,4-16,18-19,21-24,31-34,36-37,39-42,44-45,47-51,53-54,56-65H2,1-3H3/b20-17-,28-25-,29-26-,30-27-,38-35-,46-43-,55-52-/t66-/m1/s1. The minimum atomic E-state index is -0.810. The summed E-state index contributed by atoms with van der Waals surface area (Å²) in [4.78, 5) is 38.3. The molecule has 0 rings (SSSR count). The lowest BCUT2D eigenvalue weighted by molar-refractivity contribution is -0.166. The largest absolute Gasteiger partial charge is 0.462 e. The van der Waals surface area contributed by atoms with E-state index in [1.165, 1.54) is 205 Å². The molecule has 0 aromatic carbocycles. The van der Waals surface area contributed by atoms with Gasteiger partial charge >= 0.3 is 17.9 Å². The molecule has 0 spiro atoms. The molecule has 0 N–H and O–H groups in total. The average molecular weight is 1050 g/mol. The van der Waals surface area contributed by atoms with E-state index in [4.69, 9.17) is 14.2 Å². The van der Waals surface area contributed by atoms with Crippen LogP contribution in [0.4, 0.5) is 0 Å². The number of allylic oxidation sites excluding steroid dienone is 14. The first-order chi connectivity index (χ1) is 37.0. The first-order valence-corrected chi connectivity index (χ1v) is 32.1. The van der Waals surface area contributed by atoms with Crippen LogP contribution in [-0.2, 0) is 28.6 Å². The first-order valence-electron chi connectivity index (χ1n) is 32.1. The van der Waals surface area contributed by atoms with Crippen molar-refractivity contribution in [3.05, 3.63) is 85.1 Å². The van der Waals surface area contributed by atoms with Crippen LogP contribution in [0.25, 0.3) is 0 Å². The second-order valence-electron chi connectivity index (χ2n) is 21.3. The van der Waals surface area contributed by atoms with Crippen molar-refractivity contribution in [3.8, 4) is 0 Å². The van der Waals surface area contributed by atoms with Gasteiger partial charge in [0.25, 0.3) is 0 Å². The van der Waals surface area contributed by atoms with Crippen LogP contribution in [0.5, 0.6) is 0 Å². The van der Waals surface area contributed by atoms with Crippen LogP contribution in [0.2, 0.25) is 0 Å². The smallest absolute Gasteiger partial charge is 0.306 e. The molecular formula is C69H120O6. The molecule has 432 valence electrons. The summed E-state index contributed by atoms with van der Waals surface area (Å²) in [6.45, 7) is 6.57. The Bertz CT molecular complexity index is 1430. The van der Waals surface area contributed by atoms with Gasteiger partial charge in [-0.05, 0) is 109 Å². The molecule has 0 aliphatic rings. The van der Waals surface area contributed by atoms with Gasteiger partial charge in [-0.3, -0.25) is 14.4 Å². The number of ether oxygens (including phenoxy) is 3. The van der Waals surface area contributed by atoms with Crippen LogP contribution < -0.4 is 0 Å². The van der Waals surface area contributed by atoms with Gasteiger partial charge in [-0.25, -0.2) is 0 Å². The minimum absolute atomic E-state index is 0.100. The summed E-state index contributed by atoms with van der Waals surface area (Å²) in [7, 11) is 0. The molecule has 0 aliphatic heterocycles. The van der Waals surface area contributed by atoms with Crippen molar-refractivity contribution in [1.82, 2.24) is 0 Å². The van der Waals surface area contributed by atoms with Gasteiger partial charge in [-0.15, -0.1) is 0 Å². The Morgan fingerprint density at radius 2 is 0.507 bits per heavy atom. The molecule has 0 saturated carbocycles. The zero-order chi connectivity index (χ0) is 54.3. The van der Waals surface area contributed by atoms with E-state index < -0.39 is 6.10 Å². The van der Waals surface area contributed by atoms with Crippen molar-refractivity contribution in [3.63, 3.8) is 0 Å². The monoisotopic (exact) mass is 1040 g/mol. The van der Waals surface area contributed by atoms with Crippen molar-refractivity contribution >= 4 is 17.9 Å². The molecule has 0 aliphatic carbocycles. The Morgan fingerprint density at radius 3 is 0.867 bits per heavy atom. The van der Waals surface area contributed by atoms with Crippen molar-refractivity contribution in [2.75, 3.05) is 13.2 Å². The number of carbonyl (C=O) groups is 3. The van der Waals surface area contributed by atoms with E-state index in [2.05, 4.69) is 99.8 Å². The molecular weight excluding hydrogens is 925 g/mol. The average Bonchev–Trinajstić information content (AvgIpc) is 3.41. The lowest BCUT2D eigenvalue weighted by Gasteiger charge is -2.18. The SMILES string of the molecule is CCCCC/C=C\C/C=C\C/C=C\C/C=C\C/C=C\CCC(=O)OC[C@H](COC(=O)CCCCCCCCCCCCC/C=C\CCCCCCCC)OC(=O)CCCCCCCCC/C=C\CCCCCCCC. The van der Waals surface area contributed by atoms with Gasteiger partial charge in [0.15, 0.2) is 6.10 Å².